The molecule has 0 aromatic heterocycles. The minimum absolute atomic E-state index is 0.0388. The lowest BCUT2D eigenvalue weighted by molar-refractivity contribution is -0.156. The second kappa shape index (κ2) is 8.88. The Morgan fingerprint density at radius 2 is 1.65 bits per heavy atom. The molecule has 7 nitrogen and oxygen atoms in total. The molecule has 0 fully saturated rings. The molecule has 7 heteroatoms. The van der Waals surface area contributed by atoms with Crippen molar-refractivity contribution in [1.29, 1.82) is 0 Å². The van der Waals surface area contributed by atoms with Crippen molar-refractivity contribution < 1.29 is 28.7 Å². The molecule has 0 saturated heterocycles. The second-order valence-electron chi connectivity index (χ2n) is 8.15. The van der Waals surface area contributed by atoms with Gasteiger partial charge in [-0.05, 0) is 37.3 Å². The first-order valence-corrected chi connectivity index (χ1v) is 10.4. The summed E-state index contributed by atoms with van der Waals surface area (Å²) in [4.78, 5) is 51.3. The van der Waals surface area contributed by atoms with E-state index in [2.05, 4.69) is 0 Å². The van der Waals surface area contributed by atoms with Crippen LogP contribution in [0.15, 0.2) is 36.4 Å². The fraction of sp³-hybridized carbons (Fsp3) is 0.417. The largest absolute Gasteiger partial charge is 0.469 e. The fourth-order valence-corrected chi connectivity index (χ4v) is 4.04. The molecule has 2 atom stereocenters. The van der Waals surface area contributed by atoms with Crippen LogP contribution in [0.4, 0.5) is 0 Å². The van der Waals surface area contributed by atoms with Crippen molar-refractivity contribution in [3.8, 4) is 0 Å². The number of esters is 2. The molecule has 0 spiro atoms. The number of carbonyl (C=O) groups excluding carboxylic acids is 4. The molecule has 2 amide bonds. The highest BCUT2D eigenvalue weighted by atomic mass is 16.5. The van der Waals surface area contributed by atoms with Crippen LogP contribution in [-0.2, 0) is 19.1 Å². The van der Waals surface area contributed by atoms with E-state index in [4.69, 9.17) is 9.47 Å². The van der Waals surface area contributed by atoms with Crippen molar-refractivity contribution in [2.24, 2.45) is 11.3 Å². The smallest absolute Gasteiger partial charge is 0.311 e. The third-order valence-corrected chi connectivity index (χ3v) is 6.03. The fourth-order valence-electron chi connectivity index (χ4n) is 4.04. The highest BCUT2D eigenvalue weighted by Gasteiger charge is 2.37. The summed E-state index contributed by atoms with van der Waals surface area (Å²) in [5.74, 6) is -2.19. The van der Waals surface area contributed by atoms with E-state index in [-0.39, 0.29) is 25.5 Å². The van der Waals surface area contributed by atoms with E-state index in [0.717, 1.165) is 10.3 Å². The molecule has 0 aliphatic carbocycles. The Hall–Kier alpha value is -3.22. The number of imide groups is 1. The molecule has 2 aromatic carbocycles. The van der Waals surface area contributed by atoms with Crippen LogP contribution in [0, 0.1) is 11.3 Å². The molecule has 1 heterocycles. The van der Waals surface area contributed by atoms with Crippen LogP contribution in [0.25, 0.3) is 10.8 Å². The Morgan fingerprint density at radius 3 is 2.16 bits per heavy atom. The maximum absolute atomic E-state index is 12.9. The first-order valence-electron chi connectivity index (χ1n) is 10.4. The Labute approximate surface area is 181 Å². The molecule has 0 saturated carbocycles. The molecular formula is C24H27NO6. The van der Waals surface area contributed by atoms with Gasteiger partial charge in [0.05, 0.1) is 25.0 Å². The van der Waals surface area contributed by atoms with Gasteiger partial charge in [-0.2, -0.15) is 0 Å². The Morgan fingerprint density at radius 1 is 1.06 bits per heavy atom. The number of ether oxygens (including phenoxy) is 2. The lowest BCUT2D eigenvalue weighted by Gasteiger charge is -2.28. The highest BCUT2D eigenvalue weighted by molar-refractivity contribution is 6.25. The van der Waals surface area contributed by atoms with Crippen molar-refractivity contribution in [2.75, 3.05) is 20.3 Å². The zero-order valence-corrected chi connectivity index (χ0v) is 18.3. The van der Waals surface area contributed by atoms with E-state index < -0.39 is 29.1 Å². The summed E-state index contributed by atoms with van der Waals surface area (Å²) in [6, 6.07) is 10.7. The molecule has 0 bridgehead atoms. The number of rotatable bonds is 8. The van der Waals surface area contributed by atoms with Gasteiger partial charge in [-0.3, -0.25) is 24.1 Å². The van der Waals surface area contributed by atoms with E-state index >= 15 is 0 Å². The van der Waals surface area contributed by atoms with Crippen LogP contribution in [0.5, 0.6) is 0 Å². The molecule has 164 valence electrons. The average molecular weight is 425 g/mol. The third-order valence-electron chi connectivity index (χ3n) is 6.03. The zero-order valence-electron chi connectivity index (χ0n) is 18.3. The molecule has 31 heavy (non-hydrogen) atoms. The van der Waals surface area contributed by atoms with E-state index in [0.29, 0.717) is 22.9 Å². The Balaban J connectivity index is 1.64. The van der Waals surface area contributed by atoms with Crippen molar-refractivity contribution in [3.63, 3.8) is 0 Å². The molecule has 3 rings (SSSR count). The van der Waals surface area contributed by atoms with Crippen LogP contribution in [0.2, 0.25) is 0 Å². The number of benzene rings is 2. The number of methoxy groups -OCH3 is 1. The maximum atomic E-state index is 12.9. The van der Waals surface area contributed by atoms with Gasteiger partial charge >= 0.3 is 11.9 Å². The van der Waals surface area contributed by atoms with E-state index in [1.165, 1.54) is 7.11 Å². The molecular weight excluding hydrogens is 398 g/mol. The van der Waals surface area contributed by atoms with Gasteiger partial charge in [-0.15, -0.1) is 0 Å². The average Bonchev–Trinajstić information content (AvgIpc) is 2.78. The topological polar surface area (TPSA) is 90.0 Å². The predicted molar refractivity (Wildman–Crippen MR) is 114 cm³/mol. The molecule has 0 radical (unpaired) electrons. The molecule has 1 aliphatic heterocycles. The van der Waals surface area contributed by atoms with Gasteiger partial charge in [0.15, 0.2) is 0 Å². The van der Waals surface area contributed by atoms with Crippen LogP contribution in [0.1, 0.15) is 54.3 Å². The number of hydrogen-bond acceptors (Lipinski definition) is 6. The third kappa shape index (κ3) is 4.17. The lowest BCUT2D eigenvalue weighted by Crippen LogP contribution is -2.42. The zero-order chi connectivity index (χ0) is 22.8. The van der Waals surface area contributed by atoms with Gasteiger partial charge in [0.1, 0.15) is 6.61 Å². The summed E-state index contributed by atoms with van der Waals surface area (Å²) in [5.41, 5.74) is 0.141. The summed E-state index contributed by atoms with van der Waals surface area (Å²) < 4.78 is 10.2. The van der Waals surface area contributed by atoms with E-state index in [1.807, 2.05) is 19.1 Å². The van der Waals surface area contributed by atoms with Gasteiger partial charge in [-0.25, -0.2) is 0 Å². The van der Waals surface area contributed by atoms with Crippen LogP contribution in [-0.4, -0.2) is 48.9 Å². The molecule has 2 unspecified atom stereocenters. The summed E-state index contributed by atoms with van der Waals surface area (Å²) in [7, 11) is 1.32. The minimum Gasteiger partial charge on any atom is -0.469 e. The summed E-state index contributed by atoms with van der Waals surface area (Å²) >= 11 is 0. The SMILES string of the molecule is CCC(C)(CC(C)C(=O)OCCN1C(=O)c2cccc3cccc(c23)C1=O)C(=O)OC. The van der Waals surface area contributed by atoms with Gasteiger partial charge in [0.25, 0.3) is 11.8 Å². The minimum atomic E-state index is -0.783. The monoisotopic (exact) mass is 425 g/mol. The van der Waals surface area contributed by atoms with Crippen molar-refractivity contribution in [2.45, 2.75) is 33.6 Å². The number of nitrogens with zero attached hydrogens (tertiary/aromatic N) is 1. The number of hydrogen-bond donors (Lipinski definition) is 0. The quantitative estimate of drug-likeness (QED) is 0.474. The normalized spacial score (nSPS) is 16.1. The summed E-state index contributed by atoms with van der Waals surface area (Å²) in [6.07, 6.45) is 0.811. The summed E-state index contributed by atoms with van der Waals surface area (Å²) in [5, 5.41) is 1.49. The molecule has 0 N–H and O–H groups in total. The predicted octanol–water partition coefficient (Wildman–Crippen LogP) is 3.59. The standard InChI is InChI=1S/C24H27NO6/c1-5-24(3,23(29)30-4)14-15(2)22(28)31-13-12-25-20(26)17-10-6-8-16-9-7-11-18(19(16)17)21(25)27/h6-11,15H,5,12-14H2,1-4H3. The van der Waals surface area contributed by atoms with Gasteiger partial charge in [-0.1, -0.05) is 38.1 Å². The first-order chi connectivity index (χ1) is 14.7. The van der Waals surface area contributed by atoms with Crippen LogP contribution >= 0.6 is 0 Å². The van der Waals surface area contributed by atoms with Gasteiger partial charge < -0.3 is 9.47 Å². The maximum Gasteiger partial charge on any atom is 0.311 e. The number of carbonyl (C=O) groups is 4. The Kier molecular flexibility index (Phi) is 6.43. The van der Waals surface area contributed by atoms with Crippen molar-refractivity contribution in [3.05, 3.63) is 47.5 Å². The van der Waals surface area contributed by atoms with Crippen molar-refractivity contribution >= 4 is 34.5 Å². The Bertz CT molecular complexity index is 995. The van der Waals surface area contributed by atoms with Crippen molar-refractivity contribution in [1.82, 2.24) is 4.90 Å². The first kappa shape index (κ1) is 22.5. The second-order valence-corrected chi connectivity index (χ2v) is 8.15. The molecule has 2 aromatic rings. The highest BCUT2D eigenvalue weighted by Crippen LogP contribution is 2.32. The van der Waals surface area contributed by atoms with E-state index in [1.54, 1.807) is 38.1 Å². The molecule has 1 aliphatic rings. The van der Waals surface area contributed by atoms with E-state index in [9.17, 15) is 19.2 Å². The van der Waals surface area contributed by atoms with Gasteiger partial charge in [0, 0.05) is 16.5 Å². The lowest BCUT2D eigenvalue weighted by atomic mass is 9.79. The summed E-state index contributed by atoms with van der Waals surface area (Å²) in [6.45, 7) is 5.16. The van der Waals surface area contributed by atoms with Gasteiger partial charge in [0.2, 0.25) is 0 Å². The van der Waals surface area contributed by atoms with Crippen LogP contribution < -0.4 is 0 Å². The van der Waals surface area contributed by atoms with Crippen LogP contribution in [0.3, 0.4) is 0 Å². The number of amides is 2.